The fourth-order valence-electron chi connectivity index (χ4n) is 1.88. The van der Waals surface area contributed by atoms with Gasteiger partial charge in [0.1, 0.15) is 18.1 Å². The van der Waals surface area contributed by atoms with Gasteiger partial charge in [-0.25, -0.2) is 0 Å². The van der Waals surface area contributed by atoms with E-state index in [1.807, 2.05) is 42.5 Å². The van der Waals surface area contributed by atoms with Crippen LogP contribution in [-0.2, 0) is 4.74 Å². The van der Waals surface area contributed by atoms with Crippen molar-refractivity contribution >= 4 is 5.69 Å². The second-order valence-corrected chi connectivity index (χ2v) is 4.32. The van der Waals surface area contributed by atoms with Gasteiger partial charge in [-0.05, 0) is 35.4 Å². The lowest BCUT2D eigenvalue weighted by Crippen LogP contribution is -2.05. The number of hydrogen-bond donors (Lipinski definition) is 1. The van der Waals surface area contributed by atoms with Gasteiger partial charge in [-0.2, -0.15) is 0 Å². The van der Waals surface area contributed by atoms with Crippen molar-refractivity contribution in [2.24, 2.45) is 0 Å². The first-order valence-corrected chi connectivity index (χ1v) is 6.40. The fraction of sp³-hybridized carbons (Fsp3) is 0.250. The van der Waals surface area contributed by atoms with Crippen LogP contribution in [0.2, 0.25) is 0 Å². The highest BCUT2D eigenvalue weighted by Gasteiger charge is 2.04. The molecule has 0 atom stereocenters. The average molecular weight is 273 g/mol. The van der Waals surface area contributed by atoms with Crippen molar-refractivity contribution < 1.29 is 14.2 Å². The van der Waals surface area contributed by atoms with E-state index in [-0.39, 0.29) is 0 Å². The molecular weight excluding hydrogens is 254 g/mol. The Morgan fingerprint density at radius 2 is 1.60 bits per heavy atom. The summed E-state index contributed by atoms with van der Waals surface area (Å²) in [5.41, 5.74) is 8.76. The van der Waals surface area contributed by atoms with E-state index >= 15 is 0 Å². The lowest BCUT2D eigenvalue weighted by atomic mass is 10.0. The highest BCUT2D eigenvalue weighted by atomic mass is 16.5. The Morgan fingerprint density at radius 1 is 0.900 bits per heavy atom. The lowest BCUT2D eigenvalue weighted by molar-refractivity contribution is 0.147. The van der Waals surface area contributed by atoms with Crippen LogP contribution in [0, 0.1) is 0 Å². The zero-order valence-electron chi connectivity index (χ0n) is 11.8. The molecule has 20 heavy (non-hydrogen) atoms. The summed E-state index contributed by atoms with van der Waals surface area (Å²) in [5.74, 6) is 1.51. The van der Waals surface area contributed by atoms with E-state index in [9.17, 15) is 0 Å². The third-order valence-corrected chi connectivity index (χ3v) is 2.98. The molecule has 0 fully saturated rings. The summed E-state index contributed by atoms with van der Waals surface area (Å²) >= 11 is 0. The summed E-state index contributed by atoms with van der Waals surface area (Å²) in [5, 5.41) is 0. The second kappa shape index (κ2) is 6.82. The third kappa shape index (κ3) is 3.42. The first kappa shape index (κ1) is 14.2. The van der Waals surface area contributed by atoms with Crippen molar-refractivity contribution in [1.82, 2.24) is 0 Å². The van der Waals surface area contributed by atoms with E-state index in [4.69, 9.17) is 19.9 Å². The van der Waals surface area contributed by atoms with Crippen LogP contribution in [0.15, 0.2) is 42.5 Å². The molecule has 0 bridgehead atoms. The Kier molecular flexibility index (Phi) is 4.85. The topological polar surface area (TPSA) is 53.7 Å². The second-order valence-electron chi connectivity index (χ2n) is 4.32. The smallest absolute Gasteiger partial charge is 0.142 e. The van der Waals surface area contributed by atoms with Crippen molar-refractivity contribution in [3.8, 4) is 22.6 Å². The van der Waals surface area contributed by atoms with Gasteiger partial charge < -0.3 is 19.9 Å². The van der Waals surface area contributed by atoms with Crippen LogP contribution in [0.4, 0.5) is 5.69 Å². The van der Waals surface area contributed by atoms with Gasteiger partial charge in [0.15, 0.2) is 0 Å². The fourth-order valence-corrected chi connectivity index (χ4v) is 1.88. The summed E-state index contributed by atoms with van der Waals surface area (Å²) in [7, 11) is 3.29. The molecule has 0 unspecified atom stereocenters. The van der Waals surface area contributed by atoms with Crippen molar-refractivity contribution in [3.63, 3.8) is 0 Å². The Hall–Kier alpha value is -2.20. The quantitative estimate of drug-likeness (QED) is 0.649. The van der Waals surface area contributed by atoms with E-state index in [1.165, 1.54) is 0 Å². The molecule has 2 aromatic carbocycles. The molecule has 0 aromatic heterocycles. The van der Waals surface area contributed by atoms with E-state index in [2.05, 4.69) is 0 Å². The van der Waals surface area contributed by atoms with Crippen molar-refractivity contribution in [2.75, 3.05) is 33.2 Å². The Bertz CT molecular complexity index is 552. The third-order valence-electron chi connectivity index (χ3n) is 2.98. The van der Waals surface area contributed by atoms with E-state index in [0.29, 0.717) is 24.7 Å². The molecule has 0 aliphatic heterocycles. The van der Waals surface area contributed by atoms with Crippen molar-refractivity contribution in [2.45, 2.75) is 0 Å². The molecule has 0 saturated heterocycles. The number of nitrogen functional groups attached to an aromatic ring is 1. The van der Waals surface area contributed by atoms with Crippen LogP contribution in [-0.4, -0.2) is 27.4 Å². The number of methoxy groups -OCH3 is 2. The van der Waals surface area contributed by atoms with E-state index < -0.39 is 0 Å². The molecule has 0 radical (unpaired) electrons. The summed E-state index contributed by atoms with van der Waals surface area (Å²) in [4.78, 5) is 0. The van der Waals surface area contributed by atoms with Gasteiger partial charge in [-0.1, -0.05) is 18.2 Å². The van der Waals surface area contributed by atoms with E-state index in [1.54, 1.807) is 14.2 Å². The molecule has 0 saturated carbocycles. The summed E-state index contributed by atoms with van der Waals surface area (Å²) in [6.45, 7) is 1.03. The Morgan fingerprint density at radius 3 is 2.20 bits per heavy atom. The van der Waals surface area contributed by atoms with Crippen molar-refractivity contribution in [1.29, 1.82) is 0 Å². The minimum Gasteiger partial charge on any atom is -0.497 e. The predicted octanol–water partition coefficient (Wildman–Crippen LogP) is 2.97. The molecule has 0 spiro atoms. The summed E-state index contributed by atoms with van der Waals surface area (Å²) in [6, 6.07) is 13.6. The number of hydrogen-bond acceptors (Lipinski definition) is 4. The van der Waals surface area contributed by atoms with Gasteiger partial charge >= 0.3 is 0 Å². The Labute approximate surface area is 119 Å². The molecule has 2 aromatic rings. The van der Waals surface area contributed by atoms with Crippen LogP contribution in [0.1, 0.15) is 0 Å². The number of benzene rings is 2. The molecule has 4 heteroatoms. The van der Waals surface area contributed by atoms with Gasteiger partial charge in [-0.15, -0.1) is 0 Å². The highest BCUT2D eigenvalue weighted by molar-refractivity contribution is 5.71. The maximum Gasteiger partial charge on any atom is 0.142 e. The predicted molar refractivity (Wildman–Crippen MR) is 80.2 cm³/mol. The highest BCUT2D eigenvalue weighted by Crippen LogP contribution is 2.29. The number of anilines is 1. The van der Waals surface area contributed by atoms with Gasteiger partial charge in [0.05, 0.1) is 19.4 Å². The molecule has 2 rings (SSSR count). The largest absolute Gasteiger partial charge is 0.497 e. The maximum absolute atomic E-state index is 6.01. The molecule has 4 nitrogen and oxygen atoms in total. The summed E-state index contributed by atoms with van der Waals surface area (Å²) in [6.07, 6.45) is 0. The van der Waals surface area contributed by atoms with Crippen LogP contribution in [0.5, 0.6) is 11.5 Å². The van der Waals surface area contributed by atoms with E-state index in [0.717, 1.165) is 16.9 Å². The van der Waals surface area contributed by atoms with Crippen molar-refractivity contribution in [3.05, 3.63) is 42.5 Å². The van der Waals surface area contributed by atoms with Gasteiger partial charge in [0.25, 0.3) is 0 Å². The first-order chi connectivity index (χ1) is 9.74. The van der Waals surface area contributed by atoms with Gasteiger partial charge in [-0.3, -0.25) is 0 Å². The standard InChI is InChI=1S/C16H19NO3/c1-18-9-10-20-16-8-5-13(11-15(16)17)12-3-6-14(19-2)7-4-12/h3-8,11H,9-10,17H2,1-2H3. The van der Waals surface area contributed by atoms with Crippen LogP contribution in [0.25, 0.3) is 11.1 Å². The van der Waals surface area contributed by atoms with Gasteiger partial charge in [0.2, 0.25) is 0 Å². The normalized spacial score (nSPS) is 10.3. The molecule has 106 valence electrons. The van der Waals surface area contributed by atoms with Crippen LogP contribution >= 0.6 is 0 Å². The minimum absolute atomic E-state index is 0.489. The monoisotopic (exact) mass is 273 g/mol. The number of ether oxygens (including phenoxy) is 3. The number of nitrogens with two attached hydrogens (primary N) is 1. The first-order valence-electron chi connectivity index (χ1n) is 6.40. The molecule has 0 amide bonds. The zero-order chi connectivity index (χ0) is 14.4. The molecule has 2 N–H and O–H groups in total. The van der Waals surface area contributed by atoms with Crippen LogP contribution in [0.3, 0.4) is 0 Å². The average Bonchev–Trinajstić information content (AvgIpc) is 2.49. The van der Waals surface area contributed by atoms with Crippen LogP contribution < -0.4 is 15.2 Å². The summed E-state index contributed by atoms with van der Waals surface area (Å²) < 4.78 is 15.6. The molecule has 0 aliphatic rings. The molecule has 0 aliphatic carbocycles. The molecular formula is C16H19NO3. The maximum atomic E-state index is 6.01. The zero-order valence-corrected chi connectivity index (χ0v) is 11.8. The molecule has 0 heterocycles. The SMILES string of the molecule is COCCOc1ccc(-c2ccc(OC)cc2)cc1N. The van der Waals surface area contributed by atoms with Gasteiger partial charge in [0, 0.05) is 7.11 Å². The Balaban J connectivity index is 2.14. The number of rotatable bonds is 6. The minimum atomic E-state index is 0.489. The lowest BCUT2D eigenvalue weighted by Gasteiger charge is -2.10.